The normalized spacial score (nSPS) is 11.9. The Kier molecular flexibility index (Phi) is 9.11. The number of aromatic nitrogens is 2. The Balaban J connectivity index is 0.00000288. The maximum absolute atomic E-state index is 13.0. The third-order valence-electron chi connectivity index (χ3n) is 3.57. The highest BCUT2D eigenvalue weighted by Gasteiger charge is 2.24. The fourth-order valence-corrected chi connectivity index (χ4v) is 2.51. The van der Waals surface area contributed by atoms with Crippen molar-refractivity contribution in [3.05, 3.63) is 53.6 Å². The zero-order chi connectivity index (χ0) is 17.0. The second-order valence-electron chi connectivity index (χ2n) is 6.51. The van der Waals surface area contributed by atoms with E-state index in [1.807, 2.05) is 27.1 Å². The minimum atomic E-state index is -0.633. The first-order valence-corrected chi connectivity index (χ1v) is 7.55. The molecule has 0 aliphatic rings. The summed E-state index contributed by atoms with van der Waals surface area (Å²) < 4.78 is 14.6. The van der Waals surface area contributed by atoms with E-state index in [1.54, 1.807) is 23.0 Å². The number of carbonyl (C=O) groups excluding carboxylic acids is 1. The minimum absolute atomic E-state index is 0. The lowest BCUT2D eigenvalue weighted by atomic mass is 9.94. The largest absolute Gasteiger partial charge is 0.350 e. The Morgan fingerprint density at radius 1 is 1.28 bits per heavy atom. The molecule has 1 aromatic heterocycles. The van der Waals surface area contributed by atoms with Gasteiger partial charge in [0.05, 0.1) is 12.2 Å². The summed E-state index contributed by atoms with van der Waals surface area (Å²) in [5.74, 6) is -0.477. The van der Waals surface area contributed by atoms with Crippen LogP contribution in [0, 0.1) is 5.82 Å². The Bertz CT molecular complexity index is 674. The third kappa shape index (κ3) is 7.42. The van der Waals surface area contributed by atoms with Crippen molar-refractivity contribution in [3.63, 3.8) is 0 Å². The Morgan fingerprint density at radius 2 is 1.88 bits per heavy atom. The van der Waals surface area contributed by atoms with E-state index >= 15 is 0 Å². The molecule has 1 amide bonds. The van der Waals surface area contributed by atoms with Gasteiger partial charge in [0.2, 0.25) is 5.91 Å². The SMILES string of the molecule is Cl.Cl.Cn1cc(C[C@@H](N)C(=O)NC(C)(C)Cc2ccc(F)cc2)cn1. The van der Waals surface area contributed by atoms with Gasteiger partial charge >= 0.3 is 0 Å². The maximum Gasteiger partial charge on any atom is 0.237 e. The molecule has 1 aromatic carbocycles. The van der Waals surface area contributed by atoms with E-state index in [0.29, 0.717) is 12.8 Å². The smallest absolute Gasteiger partial charge is 0.237 e. The van der Waals surface area contributed by atoms with Crippen LogP contribution in [0.2, 0.25) is 0 Å². The molecule has 0 fully saturated rings. The number of benzene rings is 1. The molecule has 0 bridgehead atoms. The number of aryl methyl sites for hydroxylation is 1. The first-order valence-electron chi connectivity index (χ1n) is 7.55. The van der Waals surface area contributed by atoms with Gasteiger partial charge in [-0.05, 0) is 49.9 Å². The zero-order valence-corrected chi connectivity index (χ0v) is 16.2. The number of hydrogen-bond donors (Lipinski definition) is 2. The van der Waals surface area contributed by atoms with Crippen LogP contribution in [0.15, 0.2) is 36.7 Å². The number of nitrogens with two attached hydrogens (primary N) is 1. The second-order valence-corrected chi connectivity index (χ2v) is 6.51. The Morgan fingerprint density at radius 3 is 2.40 bits per heavy atom. The average Bonchev–Trinajstić information content (AvgIpc) is 2.86. The first-order chi connectivity index (χ1) is 10.7. The van der Waals surface area contributed by atoms with Gasteiger partial charge in [0.25, 0.3) is 0 Å². The van der Waals surface area contributed by atoms with Crippen molar-refractivity contribution in [2.75, 3.05) is 0 Å². The lowest BCUT2D eigenvalue weighted by Crippen LogP contribution is -2.52. The summed E-state index contributed by atoms with van der Waals surface area (Å²) in [5.41, 5.74) is 7.39. The van der Waals surface area contributed by atoms with Crippen molar-refractivity contribution in [1.29, 1.82) is 0 Å². The van der Waals surface area contributed by atoms with Crippen LogP contribution in [-0.4, -0.2) is 27.3 Å². The molecule has 140 valence electrons. The molecule has 1 atom stereocenters. The number of nitrogens with zero attached hydrogens (tertiary/aromatic N) is 2. The molecular formula is C17H25Cl2FN4O. The van der Waals surface area contributed by atoms with Crippen LogP contribution in [-0.2, 0) is 24.7 Å². The molecule has 1 heterocycles. The predicted octanol–water partition coefficient (Wildman–Crippen LogP) is 2.41. The molecule has 3 N–H and O–H groups in total. The molecule has 0 aliphatic carbocycles. The van der Waals surface area contributed by atoms with E-state index in [1.165, 1.54) is 12.1 Å². The van der Waals surface area contributed by atoms with Crippen LogP contribution in [0.5, 0.6) is 0 Å². The maximum atomic E-state index is 13.0. The Hall–Kier alpha value is -1.63. The standard InChI is InChI=1S/C17H23FN4O.2ClH/c1-17(2,9-12-4-6-14(18)7-5-12)21-16(23)15(19)8-13-10-20-22(3)11-13;;/h4-7,10-11,15H,8-9,19H2,1-3H3,(H,21,23);2*1H/t15-;;/m1../s1. The summed E-state index contributed by atoms with van der Waals surface area (Å²) in [6, 6.07) is 5.65. The number of nitrogens with one attached hydrogen (secondary N) is 1. The topological polar surface area (TPSA) is 72.9 Å². The minimum Gasteiger partial charge on any atom is -0.350 e. The second kappa shape index (κ2) is 9.75. The molecule has 5 nitrogen and oxygen atoms in total. The molecule has 0 aliphatic heterocycles. The summed E-state index contributed by atoms with van der Waals surface area (Å²) >= 11 is 0. The van der Waals surface area contributed by atoms with E-state index in [0.717, 1.165) is 11.1 Å². The van der Waals surface area contributed by atoms with Gasteiger partial charge in [-0.15, -0.1) is 24.8 Å². The van der Waals surface area contributed by atoms with Gasteiger partial charge in [0.1, 0.15) is 5.82 Å². The zero-order valence-electron chi connectivity index (χ0n) is 14.5. The number of amides is 1. The van der Waals surface area contributed by atoms with Gasteiger partial charge in [-0.25, -0.2) is 4.39 Å². The van der Waals surface area contributed by atoms with Gasteiger partial charge in [0, 0.05) is 18.8 Å². The molecule has 2 rings (SSSR count). The van der Waals surface area contributed by atoms with Crippen LogP contribution in [0.3, 0.4) is 0 Å². The molecule has 0 spiro atoms. The molecule has 0 unspecified atom stereocenters. The molecule has 0 saturated carbocycles. The predicted molar refractivity (Wildman–Crippen MR) is 102 cm³/mol. The number of halogens is 3. The van der Waals surface area contributed by atoms with E-state index in [-0.39, 0.29) is 36.5 Å². The fourth-order valence-electron chi connectivity index (χ4n) is 2.51. The molecular weight excluding hydrogens is 366 g/mol. The van der Waals surface area contributed by atoms with Crippen molar-refractivity contribution in [2.45, 2.75) is 38.3 Å². The van der Waals surface area contributed by atoms with E-state index in [2.05, 4.69) is 10.4 Å². The first kappa shape index (κ1) is 23.4. The quantitative estimate of drug-likeness (QED) is 0.795. The van der Waals surface area contributed by atoms with Gasteiger partial charge in [-0.3, -0.25) is 9.48 Å². The van der Waals surface area contributed by atoms with Gasteiger partial charge < -0.3 is 11.1 Å². The highest BCUT2D eigenvalue weighted by molar-refractivity contribution is 5.85. The van der Waals surface area contributed by atoms with Crippen molar-refractivity contribution >= 4 is 30.7 Å². The van der Waals surface area contributed by atoms with Crippen LogP contribution in [0.25, 0.3) is 0 Å². The lowest BCUT2D eigenvalue weighted by molar-refractivity contribution is -0.123. The molecule has 2 aromatic rings. The van der Waals surface area contributed by atoms with Crippen molar-refractivity contribution in [2.24, 2.45) is 12.8 Å². The highest BCUT2D eigenvalue weighted by atomic mass is 35.5. The lowest BCUT2D eigenvalue weighted by Gasteiger charge is -2.28. The monoisotopic (exact) mass is 390 g/mol. The van der Waals surface area contributed by atoms with Crippen LogP contribution < -0.4 is 11.1 Å². The van der Waals surface area contributed by atoms with Crippen LogP contribution >= 0.6 is 24.8 Å². The number of hydrogen-bond acceptors (Lipinski definition) is 3. The summed E-state index contributed by atoms with van der Waals surface area (Å²) in [6.07, 6.45) is 4.58. The van der Waals surface area contributed by atoms with Gasteiger partial charge in [-0.2, -0.15) is 5.10 Å². The summed E-state index contributed by atoms with van der Waals surface area (Å²) in [7, 11) is 1.82. The van der Waals surface area contributed by atoms with Gasteiger partial charge in [-0.1, -0.05) is 12.1 Å². The third-order valence-corrected chi connectivity index (χ3v) is 3.57. The molecule has 25 heavy (non-hydrogen) atoms. The molecule has 0 saturated heterocycles. The number of rotatable bonds is 6. The summed E-state index contributed by atoms with van der Waals surface area (Å²) in [4.78, 5) is 12.3. The van der Waals surface area contributed by atoms with E-state index in [4.69, 9.17) is 5.73 Å². The van der Waals surface area contributed by atoms with Crippen molar-refractivity contribution < 1.29 is 9.18 Å². The molecule has 0 radical (unpaired) electrons. The van der Waals surface area contributed by atoms with Crippen LogP contribution in [0.4, 0.5) is 4.39 Å². The Labute approximate surface area is 160 Å². The highest BCUT2D eigenvalue weighted by Crippen LogP contribution is 2.14. The van der Waals surface area contributed by atoms with Crippen molar-refractivity contribution in [1.82, 2.24) is 15.1 Å². The van der Waals surface area contributed by atoms with Crippen LogP contribution in [0.1, 0.15) is 25.0 Å². The summed E-state index contributed by atoms with van der Waals surface area (Å²) in [5, 5.41) is 7.03. The summed E-state index contributed by atoms with van der Waals surface area (Å²) in [6.45, 7) is 3.84. The van der Waals surface area contributed by atoms with E-state index < -0.39 is 11.6 Å². The molecule has 8 heteroatoms. The van der Waals surface area contributed by atoms with Gasteiger partial charge in [0.15, 0.2) is 0 Å². The fraction of sp³-hybridized carbons (Fsp3) is 0.412. The average molecular weight is 391 g/mol. The number of carbonyl (C=O) groups is 1. The van der Waals surface area contributed by atoms with E-state index in [9.17, 15) is 9.18 Å². The van der Waals surface area contributed by atoms with Crippen molar-refractivity contribution in [3.8, 4) is 0 Å².